The SMILES string of the molecule is O=[C]CSc1cccc(Cl)c1. The topological polar surface area (TPSA) is 17.1 Å². The minimum absolute atomic E-state index is 0.361. The van der Waals surface area contributed by atoms with Crippen molar-refractivity contribution in [3.05, 3.63) is 29.3 Å². The Morgan fingerprint density at radius 3 is 3.00 bits per heavy atom. The zero-order valence-electron chi connectivity index (χ0n) is 5.71. The second-order valence-corrected chi connectivity index (χ2v) is 3.38. The van der Waals surface area contributed by atoms with Gasteiger partial charge in [0.25, 0.3) is 0 Å². The fourth-order valence-electron chi connectivity index (χ4n) is 0.670. The van der Waals surface area contributed by atoms with Crippen LogP contribution in [0.4, 0.5) is 0 Å². The van der Waals surface area contributed by atoms with Crippen LogP contribution < -0.4 is 0 Å². The number of hydrogen-bond acceptors (Lipinski definition) is 2. The molecule has 1 rings (SSSR count). The molecule has 0 aliphatic rings. The van der Waals surface area contributed by atoms with Crippen LogP contribution in [0.15, 0.2) is 29.2 Å². The summed E-state index contributed by atoms with van der Waals surface area (Å²) in [5.74, 6) is 0.361. The van der Waals surface area contributed by atoms with Gasteiger partial charge in [-0.3, -0.25) is 4.79 Å². The van der Waals surface area contributed by atoms with E-state index in [1.165, 1.54) is 11.8 Å². The Morgan fingerprint density at radius 2 is 2.36 bits per heavy atom. The standard InChI is InChI=1S/C8H6ClOS/c9-7-2-1-3-8(6-7)11-5-4-10/h1-3,6H,5H2. The zero-order valence-corrected chi connectivity index (χ0v) is 7.28. The van der Waals surface area contributed by atoms with Crippen LogP contribution in [0.3, 0.4) is 0 Å². The lowest BCUT2D eigenvalue weighted by atomic mass is 10.4. The van der Waals surface area contributed by atoms with Crippen LogP contribution >= 0.6 is 23.4 Å². The molecule has 11 heavy (non-hydrogen) atoms. The lowest BCUT2D eigenvalue weighted by molar-refractivity contribution is 0.560. The van der Waals surface area contributed by atoms with Crippen molar-refractivity contribution in [3.63, 3.8) is 0 Å². The summed E-state index contributed by atoms with van der Waals surface area (Å²) in [6.45, 7) is 0. The second-order valence-electron chi connectivity index (χ2n) is 1.89. The number of halogens is 1. The summed E-state index contributed by atoms with van der Waals surface area (Å²) < 4.78 is 0. The number of hydrogen-bond donors (Lipinski definition) is 0. The lowest BCUT2D eigenvalue weighted by Crippen LogP contribution is -1.77. The molecular weight excluding hydrogens is 180 g/mol. The monoisotopic (exact) mass is 185 g/mol. The normalized spacial score (nSPS) is 9.55. The molecule has 1 aromatic rings. The fourth-order valence-corrected chi connectivity index (χ4v) is 1.54. The highest BCUT2D eigenvalue weighted by atomic mass is 35.5. The molecule has 0 fully saturated rings. The molecule has 0 amide bonds. The molecule has 0 atom stereocenters. The molecule has 0 aromatic heterocycles. The Labute approximate surface area is 74.7 Å². The molecule has 0 unspecified atom stereocenters. The highest BCUT2D eigenvalue weighted by molar-refractivity contribution is 7.99. The fraction of sp³-hybridized carbons (Fsp3) is 0.125. The van der Waals surface area contributed by atoms with Crippen molar-refractivity contribution >= 4 is 29.6 Å². The van der Waals surface area contributed by atoms with Crippen molar-refractivity contribution < 1.29 is 4.79 Å². The van der Waals surface area contributed by atoms with Crippen molar-refractivity contribution in [2.45, 2.75) is 4.90 Å². The van der Waals surface area contributed by atoms with Gasteiger partial charge in [0.05, 0.1) is 5.75 Å². The van der Waals surface area contributed by atoms with Gasteiger partial charge in [0.2, 0.25) is 6.29 Å². The van der Waals surface area contributed by atoms with Crippen LogP contribution in [-0.2, 0) is 4.79 Å². The molecule has 0 heterocycles. The van der Waals surface area contributed by atoms with Gasteiger partial charge in [-0.15, -0.1) is 11.8 Å². The Morgan fingerprint density at radius 1 is 1.55 bits per heavy atom. The van der Waals surface area contributed by atoms with Crippen molar-refractivity contribution in [2.75, 3.05) is 5.75 Å². The Bertz CT molecular complexity index is 250. The third-order valence-electron chi connectivity index (χ3n) is 1.09. The summed E-state index contributed by atoms with van der Waals surface area (Å²) >= 11 is 7.14. The van der Waals surface area contributed by atoms with E-state index in [0.29, 0.717) is 10.8 Å². The van der Waals surface area contributed by atoms with E-state index in [0.717, 1.165) is 4.90 Å². The van der Waals surface area contributed by atoms with Gasteiger partial charge in [0, 0.05) is 9.92 Å². The first-order chi connectivity index (χ1) is 5.33. The zero-order chi connectivity index (χ0) is 8.10. The van der Waals surface area contributed by atoms with Gasteiger partial charge in [0.15, 0.2) is 0 Å². The summed E-state index contributed by atoms with van der Waals surface area (Å²) in [7, 11) is 0. The molecule has 1 nitrogen and oxygen atoms in total. The number of carbonyl (C=O) groups excluding carboxylic acids is 1. The first-order valence-electron chi connectivity index (χ1n) is 3.06. The van der Waals surface area contributed by atoms with Gasteiger partial charge >= 0.3 is 0 Å². The first kappa shape index (κ1) is 8.62. The maximum Gasteiger partial charge on any atom is 0.209 e. The van der Waals surface area contributed by atoms with E-state index in [-0.39, 0.29) is 0 Å². The largest absolute Gasteiger partial charge is 0.290 e. The minimum atomic E-state index is 0.361. The maximum atomic E-state index is 9.88. The summed E-state index contributed by atoms with van der Waals surface area (Å²) in [6, 6.07) is 7.39. The van der Waals surface area contributed by atoms with E-state index < -0.39 is 0 Å². The second kappa shape index (κ2) is 4.42. The molecule has 0 N–H and O–H groups in total. The smallest absolute Gasteiger partial charge is 0.209 e. The molecule has 3 heteroatoms. The van der Waals surface area contributed by atoms with E-state index in [4.69, 9.17) is 11.6 Å². The Balaban J connectivity index is 2.63. The van der Waals surface area contributed by atoms with Crippen LogP contribution in [0.25, 0.3) is 0 Å². The van der Waals surface area contributed by atoms with Crippen LogP contribution in [0, 0.1) is 0 Å². The van der Waals surface area contributed by atoms with Gasteiger partial charge < -0.3 is 0 Å². The van der Waals surface area contributed by atoms with Crippen molar-refractivity contribution in [1.82, 2.24) is 0 Å². The van der Waals surface area contributed by atoms with E-state index >= 15 is 0 Å². The Hall–Kier alpha value is -0.470. The van der Waals surface area contributed by atoms with Crippen LogP contribution in [0.5, 0.6) is 0 Å². The first-order valence-corrected chi connectivity index (χ1v) is 4.42. The van der Waals surface area contributed by atoms with Crippen molar-refractivity contribution in [1.29, 1.82) is 0 Å². The summed E-state index contributed by atoms with van der Waals surface area (Å²) in [5.41, 5.74) is 0. The summed E-state index contributed by atoms with van der Waals surface area (Å²) in [4.78, 5) is 10.9. The third-order valence-corrected chi connectivity index (χ3v) is 2.18. The van der Waals surface area contributed by atoms with E-state index in [1.54, 1.807) is 12.4 Å². The predicted molar refractivity (Wildman–Crippen MR) is 47.9 cm³/mol. The van der Waals surface area contributed by atoms with E-state index in [2.05, 4.69) is 0 Å². The summed E-state index contributed by atoms with van der Waals surface area (Å²) in [6.07, 6.45) is 1.81. The number of rotatable bonds is 3. The maximum absolute atomic E-state index is 9.88. The molecule has 1 aromatic carbocycles. The molecule has 0 aliphatic heterocycles. The van der Waals surface area contributed by atoms with Crippen molar-refractivity contribution in [3.8, 4) is 0 Å². The van der Waals surface area contributed by atoms with Gasteiger partial charge in [-0.1, -0.05) is 17.7 Å². The van der Waals surface area contributed by atoms with Gasteiger partial charge in [-0.05, 0) is 18.2 Å². The lowest BCUT2D eigenvalue weighted by Gasteiger charge is -1.95. The predicted octanol–water partition coefficient (Wildman–Crippen LogP) is 2.54. The molecule has 0 aliphatic carbocycles. The number of benzene rings is 1. The third kappa shape index (κ3) is 2.95. The average Bonchev–Trinajstić information content (AvgIpc) is 2.01. The van der Waals surface area contributed by atoms with Gasteiger partial charge in [-0.2, -0.15) is 0 Å². The van der Waals surface area contributed by atoms with Crippen LogP contribution in [0.1, 0.15) is 0 Å². The Kier molecular flexibility index (Phi) is 3.46. The number of thioether (sulfide) groups is 1. The average molecular weight is 186 g/mol. The highest BCUT2D eigenvalue weighted by Gasteiger charge is 1.93. The van der Waals surface area contributed by atoms with Crippen molar-refractivity contribution in [2.24, 2.45) is 0 Å². The highest BCUT2D eigenvalue weighted by Crippen LogP contribution is 2.20. The van der Waals surface area contributed by atoms with E-state index in [9.17, 15) is 4.79 Å². The molecule has 0 spiro atoms. The molecular formula is C8H6ClOS. The molecule has 1 radical (unpaired) electrons. The molecule has 0 saturated carbocycles. The van der Waals surface area contributed by atoms with Gasteiger partial charge in [0.1, 0.15) is 0 Å². The summed E-state index contributed by atoms with van der Waals surface area (Å²) in [5, 5.41) is 0.695. The van der Waals surface area contributed by atoms with Gasteiger partial charge in [-0.25, -0.2) is 0 Å². The molecule has 0 bridgehead atoms. The quantitative estimate of drug-likeness (QED) is 0.674. The van der Waals surface area contributed by atoms with Crippen LogP contribution in [0.2, 0.25) is 5.02 Å². The van der Waals surface area contributed by atoms with E-state index in [1.807, 2.05) is 18.2 Å². The molecule has 57 valence electrons. The molecule has 0 saturated heterocycles. The minimum Gasteiger partial charge on any atom is -0.290 e. The van der Waals surface area contributed by atoms with Crippen LogP contribution in [-0.4, -0.2) is 12.0 Å².